The summed E-state index contributed by atoms with van der Waals surface area (Å²) >= 11 is 0. The van der Waals surface area contributed by atoms with Crippen LogP contribution < -0.4 is 5.32 Å². The summed E-state index contributed by atoms with van der Waals surface area (Å²) in [5.41, 5.74) is 0.715. The molecule has 0 bridgehead atoms. The van der Waals surface area contributed by atoms with Crippen molar-refractivity contribution in [2.45, 2.75) is 25.1 Å². The second kappa shape index (κ2) is 7.11. The van der Waals surface area contributed by atoms with Gasteiger partial charge in [-0.3, -0.25) is 9.48 Å². The van der Waals surface area contributed by atoms with Crippen LogP contribution in [0.15, 0.2) is 30.3 Å². The second-order valence-corrected chi connectivity index (χ2v) is 6.69. The molecule has 1 aromatic heterocycles. The number of piperidine rings is 1. The normalized spacial score (nSPS) is 18.7. The van der Waals surface area contributed by atoms with Gasteiger partial charge in [0, 0.05) is 19.6 Å². The van der Waals surface area contributed by atoms with Gasteiger partial charge in [-0.1, -0.05) is 12.1 Å². The minimum atomic E-state index is -4.37. The molecule has 26 heavy (non-hydrogen) atoms. The Labute approximate surface area is 149 Å². The summed E-state index contributed by atoms with van der Waals surface area (Å²) in [6.07, 6.45) is -2.42. The largest absolute Gasteiger partial charge is 0.416 e. The highest BCUT2D eigenvalue weighted by Gasteiger charge is 2.30. The van der Waals surface area contributed by atoms with E-state index in [-0.39, 0.29) is 17.6 Å². The van der Waals surface area contributed by atoms with Gasteiger partial charge in [-0.2, -0.15) is 18.3 Å². The molecule has 0 spiro atoms. The summed E-state index contributed by atoms with van der Waals surface area (Å²) in [5.74, 6) is -0.265. The van der Waals surface area contributed by atoms with Crippen LogP contribution in [0.25, 0.3) is 11.3 Å². The van der Waals surface area contributed by atoms with Crippen LogP contribution in [0.1, 0.15) is 28.9 Å². The zero-order valence-corrected chi connectivity index (χ0v) is 14.7. The van der Waals surface area contributed by atoms with Crippen LogP contribution in [0.4, 0.5) is 13.2 Å². The summed E-state index contributed by atoms with van der Waals surface area (Å²) in [7, 11) is 3.68. The zero-order valence-electron chi connectivity index (χ0n) is 14.7. The smallest absolute Gasteiger partial charge is 0.347 e. The molecule has 0 unspecified atom stereocenters. The number of aromatic nitrogens is 2. The van der Waals surface area contributed by atoms with E-state index in [4.69, 9.17) is 0 Å². The van der Waals surface area contributed by atoms with E-state index in [1.54, 1.807) is 13.1 Å². The molecular formula is C18H21F3N4O. The number of aryl methyl sites for hydroxylation is 1. The van der Waals surface area contributed by atoms with Gasteiger partial charge in [0.15, 0.2) is 5.69 Å². The fourth-order valence-electron chi connectivity index (χ4n) is 3.22. The average molecular weight is 366 g/mol. The molecule has 0 saturated carbocycles. The second-order valence-electron chi connectivity index (χ2n) is 6.69. The summed E-state index contributed by atoms with van der Waals surface area (Å²) in [6.45, 7) is 1.82. The maximum Gasteiger partial charge on any atom is 0.416 e. The predicted octanol–water partition coefficient (Wildman–Crippen LogP) is 2.93. The van der Waals surface area contributed by atoms with Gasteiger partial charge in [0.2, 0.25) is 0 Å². The number of carbonyl (C=O) groups is 1. The molecule has 1 amide bonds. The summed E-state index contributed by atoms with van der Waals surface area (Å²) in [4.78, 5) is 14.6. The molecule has 1 aliphatic heterocycles. The maximum absolute atomic E-state index is 12.7. The fraction of sp³-hybridized carbons (Fsp3) is 0.444. The van der Waals surface area contributed by atoms with Crippen LogP contribution in [0, 0.1) is 0 Å². The minimum absolute atomic E-state index is 0.0813. The number of alkyl halides is 3. The summed E-state index contributed by atoms with van der Waals surface area (Å²) < 4.78 is 39.6. The van der Waals surface area contributed by atoms with Crippen LogP contribution in [0.3, 0.4) is 0 Å². The molecule has 3 rings (SSSR count). The number of benzene rings is 1. The van der Waals surface area contributed by atoms with Gasteiger partial charge in [0.05, 0.1) is 11.3 Å². The Kier molecular flexibility index (Phi) is 5.04. The monoisotopic (exact) mass is 366 g/mol. The lowest BCUT2D eigenvalue weighted by atomic mass is 10.1. The van der Waals surface area contributed by atoms with Crippen molar-refractivity contribution in [1.29, 1.82) is 0 Å². The van der Waals surface area contributed by atoms with Gasteiger partial charge in [-0.15, -0.1) is 0 Å². The van der Waals surface area contributed by atoms with Crippen molar-refractivity contribution in [3.63, 3.8) is 0 Å². The van der Waals surface area contributed by atoms with E-state index >= 15 is 0 Å². The minimum Gasteiger partial charge on any atom is -0.347 e. The number of likely N-dealkylation sites (N-methyl/N-ethyl adjacent to an activating group) is 1. The van der Waals surface area contributed by atoms with Gasteiger partial charge in [-0.05, 0) is 50.2 Å². The van der Waals surface area contributed by atoms with E-state index in [1.807, 2.05) is 7.05 Å². The van der Waals surface area contributed by atoms with E-state index in [9.17, 15) is 18.0 Å². The van der Waals surface area contributed by atoms with Crippen molar-refractivity contribution < 1.29 is 18.0 Å². The first-order chi connectivity index (χ1) is 12.2. The quantitative estimate of drug-likeness (QED) is 0.909. The van der Waals surface area contributed by atoms with E-state index in [0.717, 1.165) is 38.1 Å². The molecule has 140 valence electrons. The molecule has 1 N–H and O–H groups in total. The van der Waals surface area contributed by atoms with E-state index in [0.29, 0.717) is 11.3 Å². The van der Waals surface area contributed by atoms with Gasteiger partial charge in [0.1, 0.15) is 0 Å². The summed E-state index contributed by atoms with van der Waals surface area (Å²) in [5, 5.41) is 7.19. The van der Waals surface area contributed by atoms with Gasteiger partial charge in [-0.25, -0.2) is 0 Å². The topological polar surface area (TPSA) is 50.2 Å². The standard InChI is InChI=1S/C18H21F3N4O/c1-24-9-3-4-14(11-24)22-17(26)15-10-16(25(2)23-15)12-5-7-13(8-6-12)18(19,20)21/h5-8,10,14H,3-4,9,11H2,1-2H3,(H,22,26)/t14-/m0/s1. The molecular weight excluding hydrogens is 345 g/mol. The predicted molar refractivity (Wildman–Crippen MR) is 91.6 cm³/mol. The number of carbonyl (C=O) groups excluding carboxylic acids is 1. The van der Waals surface area contributed by atoms with Gasteiger partial charge < -0.3 is 10.2 Å². The molecule has 2 heterocycles. The Bertz CT molecular complexity index is 783. The molecule has 0 aliphatic carbocycles. The van der Waals surface area contributed by atoms with Crippen LogP contribution in [-0.4, -0.2) is 46.8 Å². The van der Waals surface area contributed by atoms with Gasteiger partial charge in [0.25, 0.3) is 5.91 Å². The number of rotatable bonds is 3. The third kappa shape index (κ3) is 4.07. The Hall–Kier alpha value is -2.35. The number of hydrogen-bond donors (Lipinski definition) is 1. The number of nitrogens with one attached hydrogen (secondary N) is 1. The first-order valence-corrected chi connectivity index (χ1v) is 8.45. The zero-order chi connectivity index (χ0) is 18.9. The highest BCUT2D eigenvalue weighted by Crippen LogP contribution is 2.31. The average Bonchev–Trinajstić information content (AvgIpc) is 2.96. The first-order valence-electron chi connectivity index (χ1n) is 8.45. The van der Waals surface area contributed by atoms with Crippen LogP contribution >= 0.6 is 0 Å². The van der Waals surface area contributed by atoms with Gasteiger partial charge >= 0.3 is 6.18 Å². The molecule has 1 saturated heterocycles. The van der Waals surface area contributed by atoms with Crippen molar-refractivity contribution in [3.05, 3.63) is 41.6 Å². The lowest BCUT2D eigenvalue weighted by Gasteiger charge is -2.29. The number of halogens is 3. The van der Waals surface area contributed by atoms with E-state index < -0.39 is 11.7 Å². The van der Waals surface area contributed by atoms with Crippen LogP contribution in [-0.2, 0) is 13.2 Å². The van der Waals surface area contributed by atoms with Crippen molar-refractivity contribution in [2.75, 3.05) is 20.1 Å². The van der Waals surface area contributed by atoms with E-state index in [1.165, 1.54) is 16.8 Å². The Morgan fingerprint density at radius 2 is 1.92 bits per heavy atom. The van der Waals surface area contributed by atoms with Crippen molar-refractivity contribution in [1.82, 2.24) is 20.0 Å². The third-order valence-corrected chi connectivity index (χ3v) is 4.58. The Morgan fingerprint density at radius 3 is 2.54 bits per heavy atom. The van der Waals surface area contributed by atoms with Crippen molar-refractivity contribution in [3.8, 4) is 11.3 Å². The lowest BCUT2D eigenvalue weighted by molar-refractivity contribution is -0.137. The molecule has 1 fully saturated rings. The SMILES string of the molecule is CN1CCC[C@H](NC(=O)c2cc(-c3ccc(C(F)(F)F)cc3)n(C)n2)C1. The highest BCUT2D eigenvalue weighted by atomic mass is 19.4. The van der Waals surface area contributed by atoms with Crippen LogP contribution in [0.5, 0.6) is 0 Å². The number of likely N-dealkylation sites (tertiary alicyclic amines) is 1. The van der Waals surface area contributed by atoms with Crippen LogP contribution in [0.2, 0.25) is 0 Å². The highest BCUT2D eigenvalue weighted by molar-refractivity contribution is 5.93. The molecule has 1 aromatic carbocycles. The molecule has 5 nitrogen and oxygen atoms in total. The first kappa shape index (κ1) is 18.4. The summed E-state index contributed by atoms with van der Waals surface area (Å²) in [6, 6.07) is 6.51. The lowest BCUT2D eigenvalue weighted by Crippen LogP contribution is -2.46. The molecule has 8 heteroatoms. The Morgan fingerprint density at radius 1 is 1.23 bits per heavy atom. The number of nitrogens with zero attached hydrogens (tertiary/aromatic N) is 3. The van der Waals surface area contributed by atoms with Crippen molar-refractivity contribution in [2.24, 2.45) is 7.05 Å². The molecule has 0 radical (unpaired) electrons. The van der Waals surface area contributed by atoms with E-state index in [2.05, 4.69) is 15.3 Å². The number of amides is 1. The molecule has 1 aliphatic rings. The number of hydrogen-bond acceptors (Lipinski definition) is 3. The fourth-order valence-corrected chi connectivity index (χ4v) is 3.22. The van der Waals surface area contributed by atoms with Crippen molar-refractivity contribution >= 4 is 5.91 Å². The molecule has 1 atom stereocenters. The Balaban J connectivity index is 1.75. The molecule has 2 aromatic rings. The maximum atomic E-state index is 12.7. The third-order valence-electron chi connectivity index (χ3n) is 4.58.